The lowest BCUT2D eigenvalue weighted by Gasteiger charge is -2.26. The molecule has 2 aromatic heterocycles. The number of nitrogens with one attached hydrogen (secondary N) is 2. The second kappa shape index (κ2) is 7.99. The van der Waals surface area contributed by atoms with E-state index in [-0.39, 0.29) is 17.6 Å². The number of anilines is 1. The van der Waals surface area contributed by atoms with Crippen molar-refractivity contribution in [3.8, 4) is 0 Å². The minimum Gasteiger partial charge on any atom is -0.459 e. The molecule has 2 aromatic carbocycles. The molecule has 154 valence electrons. The summed E-state index contributed by atoms with van der Waals surface area (Å²) in [6.45, 7) is 1.24. The van der Waals surface area contributed by atoms with Gasteiger partial charge in [-0.2, -0.15) is 0 Å². The molecule has 0 spiro atoms. The molecule has 0 atom stereocenters. The Hall–Kier alpha value is -4.06. The highest BCUT2D eigenvalue weighted by Crippen LogP contribution is 2.29. The van der Waals surface area contributed by atoms with E-state index in [0.29, 0.717) is 24.3 Å². The van der Waals surface area contributed by atoms with Crippen LogP contribution in [-0.4, -0.2) is 34.8 Å². The Balaban J connectivity index is 1.25. The topological polar surface area (TPSA) is 78.3 Å². The number of benzene rings is 2. The van der Waals surface area contributed by atoms with E-state index >= 15 is 0 Å². The van der Waals surface area contributed by atoms with E-state index in [9.17, 15) is 9.59 Å². The fourth-order valence-corrected chi connectivity index (χ4v) is 3.91. The van der Waals surface area contributed by atoms with Crippen LogP contribution in [0.1, 0.15) is 32.9 Å². The molecule has 6 heteroatoms. The number of amides is 2. The van der Waals surface area contributed by atoms with Gasteiger partial charge in [0, 0.05) is 47.0 Å². The molecule has 31 heavy (non-hydrogen) atoms. The van der Waals surface area contributed by atoms with Gasteiger partial charge < -0.3 is 19.6 Å². The number of rotatable bonds is 4. The van der Waals surface area contributed by atoms with Crippen molar-refractivity contribution in [2.45, 2.75) is 6.42 Å². The highest BCUT2D eigenvalue weighted by atomic mass is 16.3. The van der Waals surface area contributed by atoms with Gasteiger partial charge in [-0.3, -0.25) is 9.59 Å². The Labute approximate surface area is 179 Å². The van der Waals surface area contributed by atoms with Crippen LogP contribution in [0.3, 0.4) is 0 Å². The number of para-hydroxylation sites is 1. The first-order valence-corrected chi connectivity index (χ1v) is 10.2. The zero-order valence-corrected chi connectivity index (χ0v) is 16.8. The lowest BCUT2D eigenvalue weighted by molar-refractivity contribution is 0.0773. The van der Waals surface area contributed by atoms with Crippen molar-refractivity contribution in [2.24, 2.45) is 0 Å². The van der Waals surface area contributed by atoms with E-state index in [2.05, 4.69) is 28.5 Å². The van der Waals surface area contributed by atoms with E-state index in [1.165, 1.54) is 22.8 Å². The first-order chi connectivity index (χ1) is 15.2. The third-order valence-electron chi connectivity index (χ3n) is 5.57. The molecule has 4 aromatic rings. The molecule has 2 amide bonds. The number of nitrogens with zero attached hydrogens (tertiary/aromatic N) is 1. The molecule has 5 rings (SSSR count). The van der Waals surface area contributed by atoms with Crippen LogP contribution in [0, 0.1) is 0 Å². The number of carbonyl (C=O) groups excluding carboxylic acids is 2. The monoisotopic (exact) mass is 411 g/mol. The van der Waals surface area contributed by atoms with E-state index in [1.807, 2.05) is 23.2 Å². The second-order valence-corrected chi connectivity index (χ2v) is 7.49. The predicted octanol–water partition coefficient (Wildman–Crippen LogP) is 4.94. The Morgan fingerprint density at radius 2 is 1.84 bits per heavy atom. The van der Waals surface area contributed by atoms with Crippen molar-refractivity contribution in [2.75, 3.05) is 18.4 Å². The van der Waals surface area contributed by atoms with Crippen LogP contribution in [0.15, 0.2) is 83.6 Å². The van der Waals surface area contributed by atoms with Crippen molar-refractivity contribution < 1.29 is 14.0 Å². The molecular formula is C25H21N3O3. The minimum absolute atomic E-state index is 0.0156. The maximum absolute atomic E-state index is 12.9. The Bertz CT molecular complexity index is 1270. The summed E-state index contributed by atoms with van der Waals surface area (Å²) in [5, 5.41) is 3.96. The number of hydrogen-bond acceptors (Lipinski definition) is 3. The summed E-state index contributed by atoms with van der Waals surface area (Å²) in [7, 11) is 0. The van der Waals surface area contributed by atoms with Crippen LogP contribution in [0.25, 0.3) is 16.5 Å². The normalized spacial score (nSPS) is 13.8. The molecule has 3 heterocycles. The smallest absolute Gasteiger partial charge is 0.291 e. The van der Waals surface area contributed by atoms with Crippen LogP contribution < -0.4 is 5.32 Å². The van der Waals surface area contributed by atoms with E-state index in [0.717, 1.165) is 11.9 Å². The summed E-state index contributed by atoms with van der Waals surface area (Å²) in [6, 6.07) is 18.4. The van der Waals surface area contributed by atoms with Gasteiger partial charge in [-0.15, -0.1) is 0 Å². The summed E-state index contributed by atoms with van der Waals surface area (Å²) in [5.41, 5.74) is 4.80. The fourth-order valence-electron chi connectivity index (χ4n) is 3.91. The molecule has 0 radical (unpaired) electrons. The number of aromatic amines is 1. The van der Waals surface area contributed by atoms with Gasteiger partial charge in [-0.05, 0) is 54.5 Å². The summed E-state index contributed by atoms with van der Waals surface area (Å²) in [4.78, 5) is 30.1. The highest BCUT2D eigenvalue weighted by Gasteiger charge is 2.20. The van der Waals surface area contributed by atoms with Crippen molar-refractivity contribution in [1.82, 2.24) is 9.88 Å². The highest BCUT2D eigenvalue weighted by molar-refractivity contribution is 6.02. The van der Waals surface area contributed by atoms with Gasteiger partial charge in [-0.25, -0.2) is 0 Å². The SMILES string of the molecule is O=C(Nc1ccc(C(=O)N2CC=C(c3c[nH]c4ccccc34)CC2)cc1)c1ccco1. The van der Waals surface area contributed by atoms with Gasteiger partial charge in [0.2, 0.25) is 0 Å². The Morgan fingerprint density at radius 3 is 2.58 bits per heavy atom. The van der Waals surface area contributed by atoms with Crippen molar-refractivity contribution in [1.29, 1.82) is 0 Å². The largest absolute Gasteiger partial charge is 0.459 e. The molecule has 6 nitrogen and oxygen atoms in total. The molecule has 0 saturated carbocycles. The van der Waals surface area contributed by atoms with Crippen LogP contribution in [0.4, 0.5) is 5.69 Å². The van der Waals surface area contributed by atoms with Gasteiger partial charge in [0.05, 0.1) is 6.26 Å². The summed E-state index contributed by atoms with van der Waals surface area (Å²) in [6.07, 6.45) is 6.44. The average molecular weight is 411 g/mol. The standard InChI is InChI=1S/C25H21N3O3/c29-24(23-6-3-15-31-23)27-19-9-7-18(8-10-19)25(30)28-13-11-17(12-14-28)21-16-26-22-5-2-1-4-20(21)22/h1-11,15-16,26H,12-14H2,(H,27,29). The zero-order chi connectivity index (χ0) is 21.2. The van der Waals surface area contributed by atoms with Crippen LogP contribution in [0.2, 0.25) is 0 Å². The van der Waals surface area contributed by atoms with Crippen molar-refractivity contribution >= 4 is 34.0 Å². The van der Waals surface area contributed by atoms with Gasteiger partial charge >= 0.3 is 0 Å². The molecule has 1 aliphatic rings. The molecule has 0 saturated heterocycles. The molecule has 0 fully saturated rings. The lowest BCUT2D eigenvalue weighted by atomic mass is 9.98. The summed E-state index contributed by atoms with van der Waals surface area (Å²) in [5.74, 6) is -0.0977. The second-order valence-electron chi connectivity index (χ2n) is 7.49. The van der Waals surface area contributed by atoms with Crippen molar-refractivity contribution in [3.05, 3.63) is 96.1 Å². The maximum atomic E-state index is 12.9. The molecule has 2 N–H and O–H groups in total. The van der Waals surface area contributed by atoms with Crippen LogP contribution >= 0.6 is 0 Å². The zero-order valence-electron chi connectivity index (χ0n) is 16.8. The van der Waals surface area contributed by atoms with Crippen LogP contribution in [0.5, 0.6) is 0 Å². The summed E-state index contributed by atoms with van der Waals surface area (Å²) >= 11 is 0. The fraction of sp³-hybridized carbons (Fsp3) is 0.120. The van der Waals surface area contributed by atoms with E-state index < -0.39 is 0 Å². The number of furan rings is 1. The van der Waals surface area contributed by atoms with Gasteiger partial charge in [0.25, 0.3) is 11.8 Å². The molecule has 0 unspecified atom stereocenters. The Kier molecular flexibility index (Phi) is 4.88. The number of hydrogen-bond donors (Lipinski definition) is 2. The maximum Gasteiger partial charge on any atom is 0.291 e. The first kappa shape index (κ1) is 18.9. The van der Waals surface area contributed by atoms with E-state index in [4.69, 9.17) is 4.42 Å². The molecule has 1 aliphatic heterocycles. The van der Waals surface area contributed by atoms with E-state index in [1.54, 1.807) is 36.4 Å². The third kappa shape index (κ3) is 3.75. The Morgan fingerprint density at radius 1 is 1.00 bits per heavy atom. The summed E-state index contributed by atoms with van der Waals surface area (Å²) < 4.78 is 5.09. The first-order valence-electron chi connectivity index (χ1n) is 10.2. The predicted molar refractivity (Wildman–Crippen MR) is 120 cm³/mol. The van der Waals surface area contributed by atoms with Gasteiger partial charge in [0.1, 0.15) is 0 Å². The number of aromatic nitrogens is 1. The number of fused-ring (bicyclic) bond motifs is 1. The minimum atomic E-state index is -0.324. The molecule has 0 bridgehead atoms. The molecular weight excluding hydrogens is 390 g/mol. The molecule has 0 aliphatic carbocycles. The lowest BCUT2D eigenvalue weighted by Crippen LogP contribution is -2.34. The van der Waals surface area contributed by atoms with Gasteiger partial charge in [0.15, 0.2) is 5.76 Å². The average Bonchev–Trinajstić information content (AvgIpc) is 3.50. The third-order valence-corrected chi connectivity index (χ3v) is 5.57. The van der Waals surface area contributed by atoms with Crippen LogP contribution in [-0.2, 0) is 0 Å². The van der Waals surface area contributed by atoms with Crippen molar-refractivity contribution in [3.63, 3.8) is 0 Å². The number of H-pyrrole nitrogens is 1. The van der Waals surface area contributed by atoms with Gasteiger partial charge in [-0.1, -0.05) is 24.3 Å². The quantitative estimate of drug-likeness (QED) is 0.499. The number of carbonyl (C=O) groups is 2.